The zero-order chi connectivity index (χ0) is 16.3. The van der Waals surface area contributed by atoms with E-state index < -0.39 is 24.0 Å². The van der Waals surface area contributed by atoms with E-state index in [2.05, 4.69) is 4.98 Å². The molecule has 1 aromatic rings. The molecule has 1 amide bonds. The number of nitrogens with zero attached hydrogens (tertiary/aromatic N) is 2. The van der Waals surface area contributed by atoms with Crippen molar-refractivity contribution in [2.24, 2.45) is 0 Å². The van der Waals surface area contributed by atoms with Crippen LogP contribution in [0.2, 0.25) is 0 Å². The molecule has 2 rings (SSSR count). The van der Waals surface area contributed by atoms with Crippen molar-refractivity contribution in [1.82, 2.24) is 9.88 Å². The molecule has 1 aromatic heterocycles. The molecule has 0 aromatic carbocycles. The highest BCUT2D eigenvalue weighted by atomic mass is 19.1. The third-order valence-electron chi connectivity index (χ3n) is 3.16. The van der Waals surface area contributed by atoms with E-state index in [1.807, 2.05) is 0 Å². The molecule has 0 spiro atoms. The molecular weight excluding hydrogens is 289 g/mol. The Morgan fingerprint density at radius 1 is 1.45 bits per heavy atom. The van der Waals surface area contributed by atoms with E-state index in [9.17, 15) is 9.18 Å². The van der Waals surface area contributed by atoms with Gasteiger partial charge in [0.25, 0.3) is 0 Å². The number of pyridine rings is 1. The second-order valence-corrected chi connectivity index (χ2v) is 6.32. The van der Waals surface area contributed by atoms with Crippen LogP contribution in [-0.4, -0.2) is 46.9 Å². The molecule has 0 aliphatic carbocycles. The summed E-state index contributed by atoms with van der Waals surface area (Å²) in [6.07, 6.45) is -0.583. The van der Waals surface area contributed by atoms with Crippen LogP contribution in [-0.2, 0) is 4.74 Å². The largest absolute Gasteiger partial charge is 0.471 e. The molecule has 0 unspecified atom stereocenters. The molecule has 0 radical (unpaired) electrons. The van der Waals surface area contributed by atoms with Crippen molar-refractivity contribution in [3.8, 4) is 5.88 Å². The van der Waals surface area contributed by atoms with Crippen LogP contribution in [0.3, 0.4) is 0 Å². The maximum atomic E-state index is 14.2. The molecule has 0 saturated carbocycles. The molecule has 6 nitrogen and oxygen atoms in total. The number of nitrogens with two attached hydrogens (primary N) is 1. The van der Waals surface area contributed by atoms with Crippen molar-refractivity contribution in [2.45, 2.75) is 45.1 Å². The van der Waals surface area contributed by atoms with Gasteiger partial charge in [-0.3, -0.25) is 0 Å². The number of carbonyl (C=O) groups is 1. The SMILES string of the molecule is CC(C)(C)OC(=O)N1CC[C@H](Oc2ccc(N)cn2)[C@H](F)C1. The van der Waals surface area contributed by atoms with Crippen molar-refractivity contribution >= 4 is 11.8 Å². The van der Waals surface area contributed by atoms with E-state index in [1.54, 1.807) is 32.9 Å². The summed E-state index contributed by atoms with van der Waals surface area (Å²) in [5.41, 5.74) is 5.46. The molecule has 2 atom stereocenters. The molecule has 2 N–H and O–H groups in total. The maximum Gasteiger partial charge on any atom is 0.410 e. The van der Waals surface area contributed by atoms with Gasteiger partial charge in [0, 0.05) is 19.0 Å². The number of carbonyl (C=O) groups excluding carboxylic acids is 1. The lowest BCUT2D eigenvalue weighted by Gasteiger charge is -2.35. The summed E-state index contributed by atoms with van der Waals surface area (Å²) in [6.45, 7) is 5.67. The van der Waals surface area contributed by atoms with Gasteiger partial charge in [-0.15, -0.1) is 0 Å². The van der Waals surface area contributed by atoms with E-state index in [0.29, 0.717) is 24.5 Å². The van der Waals surface area contributed by atoms with Gasteiger partial charge in [-0.2, -0.15) is 0 Å². The average molecular weight is 311 g/mol. The fraction of sp³-hybridized carbons (Fsp3) is 0.600. The first-order chi connectivity index (χ1) is 10.2. The Labute approximate surface area is 129 Å². The first-order valence-electron chi connectivity index (χ1n) is 7.25. The Bertz CT molecular complexity index is 516. The summed E-state index contributed by atoms with van der Waals surface area (Å²) in [5.74, 6) is 0.326. The lowest BCUT2D eigenvalue weighted by atomic mass is 10.1. The Morgan fingerprint density at radius 3 is 2.73 bits per heavy atom. The van der Waals surface area contributed by atoms with Crippen LogP contribution in [0.1, 0.15) is 27.2 Å². The predicted molar refractivity (Wildman–Crippen MR) is 80.4 cm³/mol. The van der Waals surface area contributed by atoms with E-state index in [-0.39, 0.29) is 6.54 Å². The topological polar surface area (TPSA) is 77.7 Å². The number of likely N-dealkylation sites (tertiary alicyclic amines) is 1. The summed E-state index contributed by atoms with van der Waals surface area (Å²) >= 11 is 0. The second kappa shape index (κ2) is 6.37. The standard InChI is InChI=1S/C15H22FN3O3/c1-15(2,3)22-14(20)19-7-6-12(11(16)9-19)21-13-5-4-10(17)8-18-13/h4-5,8,11-12H,6-7,9,17H2,1-3H3/t11-,12+/m1/s1. The monoisotopic (exact) mass is 311 g/mol. The van der Waals surface area contributed by atoms with Crippen LogP contribution in [0.25, 0.3) is 0 Å². The highest BCUT2D eigenvalue weighted by Gasteiger charge is 2.35. The molecule has 2 heterocycles. The number of piperidine rings is 1. The van der Waals surface area contributed by atoms with Gasteiger partial charge in [0.15, 0.2) is 6.17 Å². The van der Waals surface area contributed by atoms with E-state index in [0.717, 1.165) is 0 Å². The Hall–Kier alpha value is -2.05. The number of ether oxygens (including phenoxy) is 2. The number of alkyl halides is 1. The third-order valence-corrected chi connectivity index (χ3v) is 3.16. The molecule has 0 bridgehead atoms. The number of nitrogen functional groups attached to an aromatic ring is 1. The van der Waals surface area contributed by atoms with Gasteiger partial charge in [-0.1, -0.05) is 0 Å². The molecule has 122 valence electrons. The van der Waals surface area contributed by atoms with Gasteiger partial charge in [-0.05, 0) is 26.8 Å². The highest BCUT2D eigenvalue weighted by molar-refractivity contribution is 5.68. The summed E-state index contributed by atoms with van der Waals surface area (Å²) in [7, 11) is 0. The number of anilines is 1. The number of rotatable bonds is 2. The molecule has 7 heteroatoms. The normalized spacial score (nSPS) is 22.3. The van der Waals surface area contributed by atoms with Crippen LogP contribution in [0.15, 0.2) is 18.3 Å². The highest BCUT2D eigenvalue weighted by Crippen LogP contribution is 2.22. The summed E-state index contributed by atoms with van der Waals surface area (Å²) in [6, 6.07) is 3.24. The minimum absolute atomic E-state index is 0.0471. The zero-order valence-corrected chi connectivity index (χ0v) is 13.1. The number of hydrogen-bond acceptors (Lipinski definition) is 5. The summed E-state index contributed by atoms with van der Waals surface area (Å²) in [5, 5.41) is 0. The van der Waals surface area contributed by atoms with Crippen LogP contribution < -0.4 is 10.5 Å². The van der Waals surface area contributed by atoms with Crippen LogP contribution in [0.4, 0.5) is 14.9 Å². The van der Waals surface area contributed by atoms with Crippen molar-refractivity contribution in [2.75, 3.05) is 18.8 Å². The Kier molecular flexibility index (Phi) is 4.73. The average Bonchev–Trinajstić information content (AvgIpc) is 2.41. The first kappa shape index (κ1) is 16.3. The van der Waals surface area contributed by atoms with E-state index in [4.69, 9.17) is 15.2 Å². The summed E-state index contributed by atoms with van der Waals surface area (Å²) in [4.78, 5) is 17.3. The molecule has 22 heavy (non-hydrogen) atoms. The van der Waals surface area contributed by atoms with Crippen molar-refractivity contribution in [1.29, 1.82) is 0 Å². The number of hydrogen-bond donors (Lipinski definition) is 1. The van der Waals surface area contributed by atoms with Gasteiger partial charge < -0.3 is 20.1 Å². The smallest absolute Gasteiger partial charge is 0.410 e. The Morgan fingerprint density at radius 2 is 2.18 bits per heavy atom. The quantitative estimate of drug-likeness (QED) is 0.907. The van der Waals surface area contributed by atoms with Crippen molar-refractivity contribution < 1.29 is 18.7 Å². The van der Waals surface area contributed by atoms with Gasteiger partial charge in [-0.25, -0.2) is 14.2 Å². The van der Waals surface area contributed by atoms with E-state index >= 15 is 0 Å². The molecule has 1 saturated heterocycles. The van der Waals surface area contributed by atoms with Gasteiger partial charge in [0.05, 0.1) is 18.4 Å². The first-order valence-corrected chi connectivity index (χ1v) is 7.25. The molecule has 1 aliphatic rings. The summed E-state index contributed by atoms with van der Waals surface area (Å²) < 4.78 is 25.0. The molecule has 1 fully saturated rings. The van der Waals surface area contributed by atoms with Gasteiger partial charge >= 0.3 is 6.09 Å². The van der Waals surface area contributed by atoms with Gasteiger partial charge in [0.2, 0.25) is 5.88 Å². The van der Waals surface area contributed by atoms with Crippen LogP contribution in [0, 0.1) is 0 Å². The lowest BCUT2D eigenvalue weighted by Crippen LogP contribution is -2.50. The fourth-order valence-electron chi connectivity index (χ4n) is 2.12. The minimum Gasteiger partial charge on any atom is -0.471 e. The second-order valence-electron chi connectivity index (χ2n) is 6.32. The third kappa shape index (κ3) is 4.47. The van der Waals surface area contributed by atoms with Crippen LogP contribution in [0.5, 0.6) is 5.88 Å². The lowest BCUT2D eigenvalue weighted by molar-refractivity contribution is -0.0114. The number of amides is 1. The molecular formula is C15H22FN3O3. The van der Waals surface area contributed by atoms with Crippen LogP contribution >= 0.6 is 0 Å². The van der Waals surface area contributed by atoms with Crippen molar-refractivity contribution in [3.05, 3.63) is 18.3 Å². The molecule has 1 aliphatic heterocycles. The fourth-order valence-corrected chi connectivity index (χ4v) is 2.12. The number of halogens is 1. The maximum absolute atomic E-state index is 14.2. The zero-order valence-electron chi connectivity index (χ0n) is 13.1. The number of aromatic nitrogens is 1. The van der Waals surface area contributed by atoms with Gasteiger partial charge in [0.1, 0.15) is 11.7 Å². The predicted octanol–water partition coefficient (Wildman–Crippen LogP) is 2.39. The Balaban J connectivity index is 1.90. The minimum atomic E-state index is -1.29. The van der Waals surface area contributed by atoms with E-state index in [1.165, 1.54) is 11.1 Å². The van der Waals surface area contributed by atoms with Crippen molar-refractivity contribution in [3.63, 3.8) is 0 Å².